The van der Waals surface area contributed by atoms with Gasteiger partial charge < -0.3 is 14.7 Å². The van der Waals surface area contributed by atoms with Crippen LogP contribution in [-0.2, 0) is 4.79 Å². The minimum atomic E-state index is -2.38. The number of carbonyl (C=O) groups is 1. The fourth-order valence-corrected chi connectivity index (χ4v) is 3.03. The number of hydrogen-bond acceptors (Lipinski definition) is 5. The number of aryl methyl sites for hydroxylation is 1. The molecule has 0 amide bonds. The van der Waals surface area contributed by atoms with Crippen molar-refractivity contribution in [3.63, 3.8) is 0 Å². The molecule has 3 rings (SSSR count). The van der Waals surface area contributed by atoms with Gasteiger partial charge >= 0.3 is 5.97 Å². The van der Waals surface area contributed by atoms with Gasteiger partial charge in [0.15, 0.2) is 0 Å². The molecule has 0 unspecified atom stereocenters. The molecule has 1 N–H and O–H groups in total. The number of rotatable bonds is 4. The van der Waals surface area contributed by atoms with Crippen LogP contribution in [0, 0.1) is 6.92 Å². The summed E-state index contributed by atoms with van der Waals surface area (Å²) in [5.41, 5.74) is -1.76. The van der Waals surface area contributed by atoms with Crippen molar-refractivity contribution in [2.75, 3.05) is 25.1 Å². The third-order valence-corrected chi connectivity index (χ3v) is 4.34. The average Bonchev–Trinajstić information content (AvgIpc) is 2.94. The van der Waals surface area contributed by atoms with E-state index in [0.717, 1.165) is 0 Å². The first-order valence-corrected chi connectivity index (χ1v) is 7.55. The van der Waals surface area contributed by atoms with Crippen molar-refractivity contribution >= 4 is 11.8 Å². The Kier molecular flexibility index (Phi) is 4.09. The van der Waals surface area contributed by atoms with Crippen LogP contribution in [0.5, 0.6) is 5.75 Å². The lowest BCUT2D eigenvalue weighted by molar-refractivity contribution is -0.150. The summed E-state index contributed by atoms with van der Waals surface area (Å²) in [6.07, 6.45) is 1.58. The number of carboxylic acids is 1. The van der Waals surface area contributed by atoms with Crippen molar-refractivity contribution in [1.29, 1.82) is 0 Å². The Labute approximate surface area is 138 Å². The Morgan fingerprint density at radius 3 is 2.67 bits per heavy atom. The normalized spacial score (nSPS) is 23.3. The zero-order valence-electron chi connectivity index (χ0n) is 13.4. The molecule has 0 spiro atoms. The molecule has 126 valence electrons. The highest BCUT2D eigenvalue weighted by atomic mass is 19.1. The highest BCUT2D eigenvalue weighted by molar-refractivity contribution is 5.81. The molecule has 1 aromatic heterocycles. The molecule has 24 heavy (non-hydrogen) atoms. The highest BCUT2D eigenvalue weighted by Crippen LogP contribution is 2.41. The van der Waals surface area contributed by atoms with Crippen LogP contribution in [0.4, 0.5) is 10.2 Å². The van der Waals surface area contributed by atoms with E-state index in [2.05, 4.69) is 9.97 Å². The Morgan fingerprint density at radius 2 is 2.08 bits per heavy atom. The van der Waals surface area contributed by atoms with Gasteiger partial charge in [-0.1, -0.05) is 12.1 Å². The van der Waals surface area contributed by atoms with E-state index in [4.69, 9.17) is 4.74 Å². The number of methoxy groups -OCH3 is 1. The summed E-state index contributed by atoms with van der Waals surface area (Å²) in [5, 5.41) is 9.47. The van der Waals surface area contributed by atoms with Gasteiger partial charge in [-0.05, 0) is 30.7 Å². The number of benzene rings is 1. The fraction of sp³-hybridized carbons (Fsp3) is 0.353. The largest absolute Gasteiger partial charge is 0.497 e. The molecule has 1 aromatic carbocycles. The summed E-state index contributed by atoms with van der Waals surface area (Å²) in [4.78, 5) is 21.6. The summed E-state index contributed by atoms with van der Waals surface area (Å²) in [5.74, 6) is -0.533. The smallest absolute Gasteiger partial charge is 0.344 e. The Morgan fingerprint density at radius 1 is 1.38 bits per heavy atom. The summed E-state index contributed by atoms with van der Waals surface area (Å²) in [6.45, 7) is 1.71. The molecule has 2 atom stereocenters. The zero-order chi connectivity index (χ0) is 17.3. The predicted molar refractivity (Wildman–Crippen MR) is 86.2 cm³/mol. The number of halogens is 1. The highest BCUT2D eigenvalue weighted by Gasteiger charge is 2.54. The molecule has 2 aromatic rings. The van der Waals surface area contributed by atoms with Crippen molar-refractivity contribution < 1.29 is 19.0 Å². The van der Waals surface area contributed by atoms with Crippen LogP contribution in [0.2, 0.25) is 0 Å². The molecule has 0 radical (unpaired) electrons. The van der Waals surface area contributed by atoms with Crippen molar-refractivity contribution in [2.45, 2.75) is 18.5 Å². The third-order valence-electron chi connectivity index (χ3n) is 4.34. The van der Waals surface area contributed by atoms with Crippen molar-refractivity contribution in [2.24, 2.45) is 0 Å². The maximum atomic E-state index is 15.3. The topological polar surface area (TPSA) is 75.5 Å². The summed E-state index contributed by atoms with van der Waals surface area (Å²) in [6, 6.07) is 8.47. The first kappa shape index (κ1) is 16.2. The van der Waals surface area contributed by atoms with E-state index in [1.165, 1.54) is 0 Å². The van der Waals surface area contributed by atoms with Gasteiger partial charge in [0.1, 0.15) is 17.4 Å². The maximum Gasteiger partial charge on any atom is 0.344 e. The molecule has 2 heterocycles. The maximum absolute atomic E-state index is 15.3. The molecule has 6 nitrogen and oxygen atoms in total. The molecule has 0 bridgehead atoms. The lowest BCUT2D eigenvalue weighted by Gasteiger charge is -2.21. The quantitative estimate of drug-likeness (QED) is 0.925. The first-order valence-electron chi connectivity index (χ1n) is 7.55. The monoisotopic (exact) mass is 331 g/mol. The Hall–Kier alpha value is -2.70. The molecule has 0 saturated carbocycles. The first-order chi connectivity index (χ1) is 11.4. The number of ether oxygens (including phenoxy) is 1. The summed E-state index contributed by atoms with van der Waals surface area (Å²) >= 11 is 0. The standard InChI is InChI=1S/C17H18FN3O3/c1-11-19-8-7-15(20-11)21-9-14(17(18,10-21)16(22)23)12-3-5-13(24-2)6-4-12/h3-8,14H,9-10H2,1-2H3,(H,22,23)/t14-,17-/m0/s1. The van der Waals surface area contributed by atoms with Crippen LogP contribution in [0.1, 0.15) is 17.3 Å². The van der Waals surface area contributed by atoms with Gasteiger partial charge in [-0.2, -0.15) is 0 Å². The minimum absolute atomic E-state index is 0.228. The van der Waals surface area contributed by atoms with Crippen LogP contribution in [0.15, 0.2) is 36.5 Å². The van der Waals surface area contributed by atoms with Gasteiger partial charge in [0.05, 0.1) is 13.7 Å². The number of anilines is 1. The number of hydrogen-bond donors (Lipinski definition) is 1. The predicted octanol–water partition coefficient (Wildman–Crippen LogP) is 2.19. The second-order valence-electron chi connectivity index (χ2n) is 5.84. The van der Waals surface area contributed by atoms with Crippen molar-refractivity contribution in [3.05, 3.63) is 47.9 Å². The van der Waals surface area contributed by atoms with E-state index in [1.807, 2.05) is 0 Å². The van der Waals surface area contributed by atoms with Gasteiger partial charge in [0.25, 0.3) is 0 Å². The molecule has 0 aliphatic carbocycles. The van der Waals surface area contributed by atoms with E-state index in [1.54, 1.807) is 55.5 Å². The van der Waals surface area contributed by atoms with Gasteiger partial charge in [-0.15, -0.1) is 0 Å². The zero-order valence-corrected chi connectivity index (χ0v) is 13.4. The Balaban J connectivity index is 1.95. The van der Waals surface area contributed by atoms with Gasteiger partial charge in [-0.25, -0.2) is 19.2 Å². The third kappa shape index (κ3) is 2.77. The molecule has 7 heteroatoms. The lowest BCUT2D eigenvalue weighted by Crippen LogP contribution is -2.41. The molecular weight excluding hydrogens is 313 g/mol. The molecule has 1 fully saturated rings. The minimum Gasteiger partial charge on any atom is -0.497 e. The summed E-state index contributed by atoms with van der Waals surface area (Å²) < 4.78 is 20.4. The number of alkyl halides is 1. The van der Waals surface area contributed by atoms with Crippen molar-refractivity contribution in [1.82, 2.24) is 9.97 Å². The number of nitrogens with zero attached hydrogens (tertiary/aromatic N) is 3. The number of aliphatic carboxylic acids is 1. The van der Waals surface area contributed by atoms with Crippen LogP contribution in [0.3, 0.4) is 0 Å². The van der Waals surface area contributed by atoms with E-state index in [-0.39, 0.29) is 13.1 Å². The number of aromatic nitrogens is 2. The molecule has 1 aliphatic rings. The van der Waals surface area contributed by atoms with Gasteiger partial charge in [0.2, 0.25) is 5.67 Å². The van der Waals surface area contributed by atoms with Crippen molar-refractivity contribution in [3.8, 4) is 5.75 Å². The van der Waals surface area contributed by atoms with Crippen LogP contribution < -0.4 is 9.64 Å². The van der Waals surface area contributed by atoms with E-state index >= 15 is 4.39 Å². The van der Waals surface area contributed by atoms with E-state index in [9.17, 15) is 9.90 Å². The molecule has 1 aliphatic heterocycles. The van der Waals surface area contributed by atoms with E-state index < -0.39 is 17.6 Å². The van der Waals surface area contributed by atoms with E-state index in [0.29, 0.717) is 23.0 Å². The van der Waals surface area contributed by atoms with Crippen LogP contribution >= 0.6 is 0 Å². The lowest BCUT2D eigenvalue weighted by atomic mass is 9.86. The fourth-order valence-electron chi connectivity index (χ4n) is 3.03. The van der Waals surface area contributed by atoms with Crippen LogP contribution in [0.25, 0.3) is 0 Å². The van der Waals surface area contributed by atoms with Crippen LogP contribution in [-0.4, -0.2) is 46.9 Å². The molecular formula is C17H18FN3O3. The SMILES string of the molecule is COc1ccc([C@@H]2CN(c3ccnc(C)n3)C[C@@]2(F)C(=O)O)cc1. The van der Waals surface area contributed by atoms with Gasteiger partial charge in [-0.3, -0.25) is 0 Å². The molecule has 1 saturated heterocycles. The number of carboxylic acid groups (broad SMARTS) is 1. The summed E-state index contributed by atoms with van der Waals surface area (Å²) in [7, 11) is 1.54. The van der Waals surface area contributed by atoms with Gasteiger partial charge in [0, 0.05) is 18.7 Å². The second-order valence-corrected chi connectivity index (χ2v) is 5.84. The second kappa shape index (κ2) is 6.07. The Bertz CT molecular complexity index is 753. The average molecular weight is 331 g/mol.